The summed E-state index contributed by atoms with van der Waals surface area (Å²) in [6.07, 6.45) is -23.6. The van der Waals surface area contributed by atoms with E-state index in [4.69, 9.17) is 0 Å². The molecule has 0 aliphatic rings. The van der Waals surface area contributed by atoms with Crippen LogP contribution in [0.25, 0.3) is 0 Å². The Morgan fingerprint density at radius 1 is 0.526 bits per heavy atom. The summed E-state index contributed by atoms with van der Waals surface area (Å²) >= 11 is 0. The van der Waals surface area contributed by atoms with Gasteiger partial charge < -0.3 is 10.6 Å². The van der Waals surface area contributed by atoms with Gasteiger partial charge in [-0.25, -0.2) is 0 Å². The van der Waals surface area contributed by atoms with Crippen LogP contribution in [0.15, 0.2) is 72.8 Å². The van der Waals surface area contributed by atoms with E-state index in [1.807, 2.05) is 0 Å². The van der Waals surface area contributed by atoms with Gasteiger partial charge in [0.15, 0.2) is 10.8 Å². The standard InChI is InChI=1S/C41H46F12N2O2/c1-7-10-22-34(4,5)37(40(48,49)50,41(51,52)53)29-17-13-15-27(25-29)33(57)55-31-20-18-30(19-21-31)54-32(56)26-14-12-16-28(24-26)36(9-3,23-11-8-2)35(6,38(42,43)44)39(45,46)47/h12-21,24-25H,7-11,22-23H2,1-6H3,(H,54,56)(H,55,57). The van der Waals surface area contributed by atoms with Crippen molar-refractivity contribution in [2.45, 2.75) is 122 Å². The summed E-state index contributed by atoms with van der Waals surface area (Å²) < 4.78 is 175. The fourth-order valence-corrected chi connectivity index (χ4v) is 7.95. The highest BCUT2D eigenvalue weighted by molar-refractivity contribution is 6.06. The second-order valence-electron chi connectivity index (χ2n) is 15.0. The maximum absolute atomic E-state index is 14.7. The number of unbranched alkanes of at least 4 members (excludes halogenated alkanes) is 2. The third kappa shape index (κ3) is 8.79. The van der Waals surface area contributed by atoms with Gasteiger partial charge in [-0.1, -0.05) is 84.6 Å². The molecule has 316 valence electrons. The van der Waals surface area contributed by atoms with Crippen LogP contribution < -0.4 is 10.6 Å². The first-order valence-electron chi connectivity index (χ1n) is 18.3. The summed E-state index contributed by atoms with van der Waals surface area (Å²) in [5.74, 6) is -1.92. The van der Waals surface area contributed by atoms with E-state index in [9.17, 15) is 62.3 Å². The van der Waals surface area contributed by atoms with Gasteiger partial charge in [-0.15, -0.1) is 0 Å². The lowest BCUT2D eigenvalue weighted by Gasteiger charge is -2.50. The molecule has 0 aliphatic heterocycles. The lowest BCUT2D eigenvalue weighted by molar-refractivity contribution is -0.359. The number of alkyl halides is 12. The molecule has 3 aromatic rings. The predicted molar refractivity (Wildman–Crippen MR) is 194 cm³/mol. The van der Waals surface area contributed by atoms with Crippen LogP contribution in [0, 0.1) is 10.8 Å². The maximum Gasteiger partial charge on any atom is 0.407 e. The van der Waals surface area contributed by atoms with E-state index in [0.29, 0.717) is 25.0 Å². The molecule has 0 saturated heterocycles. The van der Waals surface area contributed by atoms with Gasteiger partial charge in [0.05, 0.1) is 0 Å². The Kier molecular flexibility index (Phi) is 14.0. The largest absolute Gasteiger partial charge is 0.407 e. The van der Waals surface area contributed by atoms with Crippen molar-refractivity contribution in [1.82, 2.24) is 0 Å². The van der Waals surface area contributed by atoms with Crippen molar-refractivity contribution in [2.24, 2.45) is 10.8 Å². The molecule has 0 aliphatic carbocycles. The van der Waals surface area contributed by atoms with Crippen molar-refractivity contribution in [3.8, 4) is 0 Å². The van der Waals surface area contributed by atoms with E-state index in [1.165, 1.54) is 43.3 Å². The minimum absolute atomic E-state index is 0.0221. The third-order valence-corrected chi connectivity index (χ3v) is 11.3. The first-order valence-corrected chi connectivity index (χ1v) is 18.3. The summed E-state index contributed by atoms with van der Waals surface area (Å²) in [6.45, 7) is 6.45. The van der Waals surface area contributed by atoms with E-state index in [-0.39, 0.29) is 42.3 Å². The molecule has 1 unspecified atom stereocenters. The highest BCUT2D eigenvalue weighted by Gasteiger charge is 2.77. The molecule has 4 nitrogen and oxygen atoms in total. The molecule has 0 aromatic heterocycles. The normalized spacial score (nSPS) is 14.6. The number of rotatable bonds is 15. The highest BCUT2D eigenvalue weighted by Crippen LogP contribution is 2.64. The molecule has 0 spiro atoms. The first kappa shape index (κ1) is 47.1. The summed E-state index contributed by atoms with van der Waals surface area (Å²) in [5, 5.41) is 4.87. The van der Waals surface area contributed by atoms with Crippen LogP contribution in [0.1, 0.15) is 118 Å². The fourth-order valence-electron chi connectivity index (χ4n) is 7.95. The number of nitrogens with one attached hydrogen (secondary N) is 2. The topological polar surface area (TPSA) is 58.2 Å². The summed E-state index contributed by atoms with van der Waals surface area (Å²) in [6, 6.07) is 12.8. The second-order valence-corrected chi connectivity index (χ2v) is 15.0. The van der Waals surface area contributed by atoms with Gasteiger partial charge in [-0.2, -0.15) is 52.7 Å². The first-order chi connectivity index (χ1) is 26.1. The Bertz CT molecular complexity index is 1820. The van der Waals surface area contributed by atoms with Crippen LogP contribution >= 0.6 is 0 Å². The maximum atomic E-state index is 14.7. The van der Waals surface area contributed by atoms with Gasteiger partial charge in [0.1, 0.15) is 0 Å². The van der Waals surface area contributed by atoms with Crippen molar-refractivity contribution in [3.63, 3.8) is 0 Å². The molecule has 2 N–H and O–H groups in total. The number of carbonyl (C=O) groups is 2. The Hall–Kier alpha value is -4.24. The number of amides is 2. The number of anilines is 2. The van der Waals surface area contributed by atoms with Crippen LogP contribution in [0.3, 0.4) is 0 Å². The molecule has 2 amide bonds. The summed E-state index contributed by atoms with van der Waals surface area (Å²) in [5.41, 5.74) is -15.4. The Labute approximate surface area is 323 Å². The molecular formula is C41H46F12N2O2. The molecule has 0 radical (unpaired) electrons. The molecule has 1 atom stereocenters. The average molecular weight is 827 g/mol. The molecule has 0 saturated carbocycles. The number of hydrogen-bond acceptors (Lipinski definition) is 2. The van der Waals surface area contributed by atoms with Gasteiger partial charge in [0.25, 0.3) is 11.8 Å². The molecule has 0 bridgehead atoms. The SMILES string of the molecule is CCCCC(C)(C)C(c1cccc(C(=O)Nc2ccc(NC(=O)c3cccc(C(CC)(CCCC)C(C)(C(F)(F)F)C(F)(F)F)c3)cc2)c1)(C(F)(F)F)C(F)(F)F. The smallest absolute Gasteiger partial charge is 0.322 e. The van der Waals surface area contributed by atoms with Crippen LogP contribution in [0.4, 0.5) is 64.1 Å². The third-order valence-electron chi connectivity index (χ3n) is 11.3. The van der Waals surface area contributed by atoms with Crippen LogP contribution in [-0.2, 0) is 10.8 Å². The fraction of sp³-hybridized carbons (Fsp3) is 0.512. The van der Waals surface area contributed by atoms with E-state index in [1.54, 1.807) is 13.8 Å². The highest BCUT2D eigenvalue weighted by atomic mass is 19.4. The van der Waals surface area contributed by atoms with Crippen molar-refractivity contribution in [2.75, 3.05) is 10.6 Å². The lowest BCUT2D eigenvalue weighted by Crippen LogP contribution is -2.62. The minimum Gasteiger partial charge on any atom is -0.322 e. The number of halogens is 12. The molecule has 3 aromatic carbocycles. The molecule has 16 heteroatoms. The predicted octanol–water partition coefficient (Wildman–Crippen LogP) is 13.7. The molecule has 3 rings (SSSR count). The van der Waals surface area contributed by atoms with Gasteiger partial charge in [0, 0.05) is 27.9 Å². The van der Waals surface area contributed by atoms with Gasteiger partial charge in [-0.3, -0.25) is 9.59 Å². The summed E-state index contributed by atoms with van der Waals surface area (Å²) in [7, 11) is 0. The van der Waals surface area contributed by atoms with Gasteiger partial charge >= 0.3 is 24.7 Å². The molecule has 0 fully saturated rings. The van der Waals surface area contributed by atoms with Crippen molar-refractivity contribution in [1.29, 1.82) is 0 Å². The lowest BCUT2D eigenvalue weighted by atomic mass is 9.56. The Morgan fingerprint density at radius 2 is 0.912 bits per heavy atom. The molecule has 57 heavy (non-hydrogen) atoms. The molecular weight excluding hydrogens is 780 g/mol. The Morgan fingerprint density at radius 3 is 1.28 bits per heavy atom. The van der Waals surface area contributed by atoms with Crippen LogP contribution in [0.2, 0.25) is 0 Å². The quantitative estimate of drug-likeness (QED) is 0.150. The van der Waals surface area contributed by atoms with Crippen LogP contribution in [-0.4, -0.2) is 36.5 Å². The number of carbonyl (C=O) groups excluding carboxylic acids is 2. The zero-order valence-corrected chi connectivity index (χ0v) is 32.2. The minimum atomic E-state index is -5.79. The second kappa shape index (κ2) is 16.9. The van der Waals surface area contributed by atoms with Crippen molar-refractivity contribution in [3.05, 3.63) is 95.1 Å². The van der Waals surface area contributed by atoms with E-state index >= 15 is 0 Å². The van der Waals surface area contributed by atoms with Gasteiger partial charge in [-0.05, 0) is 91.3 Å². The molecule has 0 heterocycles. The van der Waals surface area contributed by atoms with Gasteiger partial charge in [0.2, 0.25) is 0 Å². The Balaban J connectivity index is 1.93. The summed E-state index contributed by atoms with van der Waals surface area (Å²) in [4.78, 5) is 26.5. The van der Waals surface area contributed by atoms with E-state index in [0.717, 1.165) is 38.1 Å². The van der Waals surface area contributed by atoms with Crippen molar-refractivity contribution < 1.29 is 62.3 Å². The zero-order chi connectivity index (χ0) is 43.5. The van der Waals surface area contributed by atoms with Crippen LogP contribution in [0.5, 0.6) is 0 Å². The van der Waals surface area contributed by atoms with E-state index < -0.39 is 88.6 Å². The van der Waals surface area contributed by atoms with E-state index in [2.05, 4.69) is 10.6 Å². The van der Waals surface area contributed by atoms with Crippen molar-refractivity contribution >= 4 is 23.2 Å². The number of hydrogen-bond donors (Lipinski definition) is 2. The number of benzene rings is 3. The zero-order valence-electron chi connectivity index (χ0n) is 32.2. The monoisotopic (exact) mass is 826 g/mol. The average Bonchev–Trinajstić information content (AvgIpc) is 3.10.